The van der Waals surface area contributed by atoms with Crippen molar-refractivity contribution in [2.75, 3.05) is 6.61 Å². The molecule has 0 aliphatic carbocycles. The molecular formula is C14H17BN2O2S. The first kappa shape index (κ1) is 14.6. The lowest BCUT2D eigenvalue weighted by atomic mass is 9.84. The molecule has 1 aliphatic heterocycles. The number of benzene rings is 1. The maximum Gasteiger partial charge on any atom is 0.338 e. The highest BCUT2D eigenvalue weighted by Crippen LogP contribution is 2.26. The van der Waals surface area contributed by atoms with Crippen LogP contribution in [0.4, 0.5) is 0 Å². The summed E-state index contributed by atoms with van der Waals surface area (Å²) in [6, 6.07) is 7.66. The summed E-state index contributed by atoms with van der Waals surface area (Å²) in [6.07, 6.45) is 0. The van der Waals surface area contributed by atoms with Crippen LogP contribution in [0, 0.1) is 0 Å². The van der Waals surface area contributed by atoms with Crippen molar-refractivity contribution >= 4 is 36.6 Å². The van der Waals surface area contributed by atoms with Gasteiger partial charge in [-0.2, -0.15) is 0 Å². The van der Waals surface area contributed by atoms with E-state index < -0.39 is 0 Å². The largest absolute Gasteiger partial charge is 0.463 e. The molecule has 1 aliphatic rings. The Morgan fingerprint density at radius 1 is 1.45 bits per heavy atom. The van der Waals surface area contributed by atoms with E-state index in [4.69, 9.17) is 17.0 Å². The normalized spacial score (nSPS) is 18.3. The van der Waals surface area contributed by atoms with E-state index in [-0.39, 0.29) is 12.0 Å². The van der Waals surface area contributed by atoms with Gasteiger partial charge in [-0.15, -0.1) is 0 Å². The number of esters is 1. The molecule has 2 N–H and O–H groups in total. The minimum Gasteiger partial charge on any atom is -0.463 e. The van der Waals surface area contributed by atoms with Crippen LogP contribution in [-0.2, 0) is 9.53 Å². The molecule has 1 aromatic rings. The number of allylic oxidation sites excluding steroid dienone is 1. The number of rotatable bonds is 3. The molecule has 0 amide bonds. The second kappa shape index (κ2) is 6.09. The average molecular weight is 288 g/mol. The summed E-state index contributed by atoms with van der Waals surface area (Å²) >= 11 is 5.20. The Morgan fingerprint density at radius 2 is 2.15 bits per heavy atom. The van der Waals surface area contributed by atoms with E-state index in [0.29, 0.717) is 17.3 Å². The molecule has 4 nitrogen and oxygen atoms in total. The zero-order valence-corrected chi connectivity index (χ0v) is 12.6. The fraction of sp³-hybridized carbons (Fsp3) is 0.286. The van der Waals surface area contributed by atoms with Crippen molar-refractivity contribution in [2.24, 2.45) is 0 Å². The van der Waals surface area contributed by atoms with Gasteiger partial charge in [0, 0.05) is 5.70 Å². The van der Waals surface area contributed by atoms with Crippen LogP contribution < -0.4 is 16.1 Å². The highest BCUT2D eigenvalue weighted by molar-refractivity contribution is 7.80. The Labute approximate surface area is 125 Å². The second-order valence-electron chi connectivity index (χ2n) is 4.65. The smallest absolute Gasteiger partial charge is 0.338 e. The fourth-order valence-corrected chi connectivity index (χ4v) is 2.59. The number of hydrogen-bond donors (Lipinski definition) is 2. The van der Waals surface area contributed by atoms with Crippen LogP contribution >= 0.6 is 12.2 Å². The number of nitrogens with one attached hydrogen (secondary N) is 2. The minimum absolute atomic E-state index is 0.274. The molecule has 1 heterocycles. The summed E-state index contributed by atoms with van der Waals surface area (Å²) in [7, 11) is 2.01. The summed E-state index contributed by atoms with van der Waals surface area (Å²) in [5.74, 6) is -0.319. The van der Waals surface area contributed by atoms with Gasteiger partial charge < -0.3 is 15.4 Å². The van der Waals surface area contributed by atoms with Gasteiger partial charge >= 0.3 is 5.97 Å². The molecular weight excluding hydrogens is 271 g/mol. The lowest BCUT2D eigenvalue weighted by molar-refractivity contribution is -0.139. The average Bonchev–Trinajstić information content (AvgIpc) is 2.38. The van der Waals surface area contributed by atoms with Gasteiger partial charge in [-0.05, 0) is 31.6 Å². The number of carbonyl (C=O) groups excluding carboxylic acids is 1. The summed E-state index contributed by atoms with van der Waals surface area (Å²) in [5, 5.41) is 6.66. The summed E-state index contributed by atoms with van der Waals surface area (Å²) in [4.78, 5) is 12.2. The molecule has 20 heavy (non-hydrogen) atoms. The second-order valence-corrected chi connectivity index (χ2v) is 5.06. The third-order valence-electron chi connectivity index (χ3n) is 3.26. The first-order valence-corrected chi connectivity index (χ1v) is 6.96. The third kappa shape index (κ3) is 2.85. The molecule has 0 radical (unpaired) electrons. The molecule has 0 fully saturated rings. The first-order chi connectivity index (χ1) is 9.54. The molecule has 1 aromatic carbocycles. The topological polar surface area (TPSA) is 50.4 Å². The summed E-state index contributed by atoms with van der Waals surface area (Å²) in [6.45, 7) is 3.98. The van der Waals surface area contributed by atoms with Crippen molar-refractivity contribution in [3.63, 3.8) is 0 Å². The molecule has 0 saturated carbocycles. The Morgan fingerprint density at radius 3 is 2.80 bits per heavy atom. The molecule has 2 rings (SSSR count). The highest BCUT2D eigenvalue weighted by Gasteiger charge is 2.31. The lowest BCUT2D eigenvalue weighted by Gasteiger charge is -2.30. The molecule has 0 bridgehead atoms. The van der Waals surface area contributed by atoms with E-state index in [9.17, 15) is 4.79 Å². The van der Waals surface area contributed by atoms with Crippen molar-refractivity contribution in [2.45, 2.75) is 19.9 Å². The maximum absolute atomic E-state index is 12.2. The van der Waals surface area contributed by atoms with Crippen LogP contribution in [0.3, 0.4) is 0 Å². The quantitative estimate of drug-likeness (QED) is 0.476. The highest BCUT2D eigenvalue weighted by atomic mass is 32.1. The van der Waals surface area contributed by atoms with E-state index in [2.05, 4.69) is 10.6 Å². The number of ether oxygens (including phenoxy) is 1. The standard InChI is InChI=1S/C14H17BN2O2S/c1-3-19-13(18)11-8(2)16-14(20)17-12(11)9-6-4-5-7-10(9)15/h4-7,12H,3,15H2,1-2H3,(H2,16,17,20). The Balaban J connectivity index is 2.48. The molecule has 1 unspecified atom stereocenters. The number of carbonyl (C=O) groups is 1. The summed E-state index contributed by atoms with van der Waals surface area (Å²) in [5.41, 5.74) is 3.44. The van der Waals surface area contributed by atoms with E-state index in [1.807, 2.05) is 39.0 Å². The van der Waals surface area contributed by atoms with Crippen LogP contribution in [0.2, 0.25) is 0 Å². The van der Waals surface area contributed by atoms with Gasteiger partial charge in [0.05, 0.1) is 18.2 Å². The Kier molecular flexibility index (Phi) is 4.44. The van der Waals surface area contributed by atoms with Gasteiger partial charge in [-0.3, -0.25) is 0 Å². The van der Waals surface area contributed by atoms with Crippen LogP contribution in [0.5, 0.6) is 0 Å². The van der Waals surface area contributed by atoms with E-state index in [0.717, 1.165) is 16.7 Å². The molecule has 104 valence electrons. The summed E-state index contributed by atoms with van der Waals surface area (Å²) < 4.78 is 5.16. The van der Waals surface area contributed by atoms with Crippen LogP contribution in [0.15, 0.2) is 35.5 Å². The van der Waals surface area contributed by atoms with Gasteiger partial charge in [0.1, 0.15) is 7.85 Å². The number of hydrogen-bond acceptors (Lipinski definition) is 3. The molecule has 6 heteroatoms. The first-order valence-electron chi connectivity index (χ1n) is 6.55. The molecule has 0 aromatic heterocycles. The van der Waals surface area contributed by atoms with Crippen molar-refractivity contribution in [3.8, 4) is 0 Å². The lowest BCUT2D eigenvalue weighted by Crippen LogP contribution is -2.46. The van der Waals surface area contributed by atoms with Gasteiger partial charge in [0.2, 0.25) is 0 Å². The van der Waals surface area contributed by atoms with Gasteiger partial charge in [0.15, 0.2) is 5.11 Å². The van der Waals surface area contributed by atoms with Crippen LogP contribution in [0.1, 0.15) is 25.5 Å². The minimum atomic E-state index is -0.319. The monoisotopic (exact) mass is 288 g/mol. The van der Waals surface area contributed by atoms with Crippen molar-refractivity contribution < 1.29 is 9.53 Å². The van der Waals surface area contributed by atoms with Crippen molar-refractivity contribution in [1.82, 2.24) is 10.6 Å². The Hall–Kier alpha value is -1.82. The van der Waals surface area contributed by atoms with E-state index in [1.54, 1.807) is 6.92 Å². The van der Waals surface area contributed by atoms with Crippen LogP contribution in [0.25, 0.3) is 0 Å². The molecule has 0 saturated heterocycles. The predicted octanol–water partition coefficient (Wildman–Crippen LogP) is 0.301. The zero-order chi connectivity index (χ0) is 14.7. The van der Waals surface area contributed by atoms with Gasteiger partial charge in [0.25, 0.3) is 0 Å². The van der Waals surface area contributed by atoms with E-state index in [1.165, 1.54) is 0 Å². The third-order valence-corrected chi connectivity index (χ3v) is 3.48. The van der Waals surface area contributed by atoms with Crippen molar-refractivity contribution in [3.05, 3.63) is 41.1 Å². The van der Waals surface area contributed by atoms with Crippen LogP contribution in [-0.4, -0.2) is 25.5 Å². The van der Waals surface area contributed by atoms with Gasteiger partial charge in [-0.25, -0.2) is 4.79 Å². The van der Waals surface area contributed by atoms with Gasteiger partial charge in [-0.1, -0.05) is 29.7 Å². The molecule has 0 spiro atoms. The maximum atomic E-state index is 12.2. The Bertz CT molecular complexity index is 586. The zero-order valence-electron chi connectivity index (χ0n) is 11.8. The SMILES string of the molecule is Bc1ccccc1C1NC(=S)NC(C)=C1C(=O)OCC. The number of thiocarbonyl (C=S) groups is 1. The molecule has 1 atom stereocenters. The predicted molar refractivity (Wildman–Crippen MR) is 85.6 cm³/mol. The van der Waals surface area contributed by atoms with Crippen molar-refractivity contribution in [1.29, 1.82) is 0 Å². The fourth-order valence-electron chi connectivity index (χ4n) is 2.32. The van der Waals surface area contributed by atoms with E-state index >= 15 is 0 Å².